The van der Waals surface area contributed by atoms with E-state index in [2.05, 4.69) is 0 Å². The van der Waals surface area contributed by atoms with Crippen LogP contribution < -0.4 is 10.9 Å². The first-order chi connectivity index (χ1) is 12.4. The van der Waals surface area contributed by atoms with Gasteiger partial charge in [-0.3, -0.25) is 9.59 Å². The molecule has 0 saturated carbocycles. The molecule has 0 fully saturated rings. The van der Waals surface area contributed by atoms with Gasteiger partial charge in [-0.2, -0.15) is 0 Å². The van der Waals surface area contributed by atoms with Crippen LogP contribution >= 0.6 is 0 Å². The van der Waals surface area contributed by atoms with E-state index in [4.69, 9.17) is 0 Å². The summed E-state index contributed by atoms with van der Waals surface area (Å²) in [5.74, 6) is 0. The van der Waals surface area contributed by atoms with E-state index in [-0.39, 0.29) is 10.9 Å². The van der Waals surface area contributed by atoms with Crippen LogP contribution in [-0.2, 0) is 0 Å². The molecule has 0 amide bonds. The fraction of sp³-hybridized carbons (Fsp3) is 0.167. The molecule has 0 unspecified atom stereocenters. The van der Waals surface area contributed by atoms with Crippen molar-refractivity contribution < 1.29 is 0 Å². The molecule has 0 saturated heterocycles. The lowest BCUT2D eigenvalue weighted by molar-refractivity contribution is 1.22. The van der Waals surface area contributed by atoms with Crippen molar-refractivity contribution >= 4 is 0 Å². The molecule has 130 valence electrons. The lowest BCUT2D eigenvalue weighted by Crippen LogP contribution is -2.18. The molecule has 2 nitrogen and oxygen atoms in total. The second kappa shape index (κ2) is 7.09. The summed E-state index contributed by atoms with van der Waals surface area (Å²) >= 11 is 0. The third-order valence-corrected chi connectivity index (χ3v) is 5.05. The lowest BCUT2D eigenvalue weighted by Gasteiger charge is -2.15. The summed E-state index contributed by atoms with van der Waals surface area (Å²) in [5, 5.41) is 0. The Bertz CT molecular complexity index is 993. The van der Waals surface area contributed by atoms with Crippen LogP contribution in [0.25, 0.3) is 22.3 Å². The van der Waals surface area contributed by atoms with Crippen LogP contribution in [0.5, 0.6) is 0 Å². The van der Waals surface area contributed by atoms with Crippen molar-refractivity contribution in [3.63, 3.8) is 0 Å². The molecule has 0 aliphatic rings. The molecule has 0 aromatic heterocycles. The number of benzene rings is 2. The van der Waals surface area contributed by atoms with E-state index in [1.807, 2.05) is 74.5 Å². The summed E-state index contributed by atoms with van der Waals surface area (Å²) in [7, 11) is 0. The average Bonchev–Trinajstić information content (AvgIpc) is 2.69. The van der Waals surface area contributed by atoms with Crippen LogP contribution in [0, 0.1) is 27.7 Å². The van der Waals surface area contributed by atoms with Crippen molar-refractivity contribution in [3.05, 3.63) is 103 Å². The van der Waals surface area contributed by atoms with E-state index >= 15 is 0 Å². The molecule has 3 aromatic carbocycles. The average molecular weight is 342 g/mol. The Morgan fingerprint density at radius 3 is 1.08 bits per heavy atom. The number of hydrogen-bond acceptors (Lipinski definition) is 2. The van der Waals surface area contributed by atoms with Gasteiger partial charge in [0, 0.05) is 22.3 Å². The minimum atomic E-state index is -0.0735. The van der Waals surface area contributed by atoms with Crippen LogP contribution in [0.1, 0.15) is 22.3 Å². The first-order valence-corrected chi connectivity index (χ1v) is 8.73. The van der Waals surface area contributed by atoms with Crippen LogP contribution in [0.15, 0.2) is 70.3 Å². The van der Waals surface area contributed by atoms with Crippen LogP contribution in [0.4, 0.5) is 0 Å². The molecule has 3 rings (SSSR count). The van der Waals surface area contributed by atoms with Gasteiger partial charge in [-0.1, -0.05) is 60.7 Å². The SMILES string of the molecule is Cc1c(-c2ccccc2)c(-c2ccccc2)c(C)c(=O)c(C)c(C)c1=O. The zero-order chi connectivity index (χ0) is 18.8. The Balaban J connectivity index is 2.65. The zero-order valence-corrected chi connectivity index (χ0v) is 15.6. The zero-order valence-electron chi connectivity index (χ0n) is 15.6. The molecule has 0 atom stereocenters. The minimum Gasteiger partial charge on any atom is -0.289 e. The normalized spacial score (nSPS) is 10.6. The molecule has 26 heavy (non-hydrogen) atoms. The largest absolute Gasteiger partial charge is 0.289 e. The maximum Gasteiger partial charge on any atom is 0.185 e. The Morgan fingerprint density at radius 1 is 0.462 bits per heavy atom. The number of rotatable bonds is 2. The van der Waals surface area contributed by atoms with Crippen molar-refractivity contribution in [1.29, 1.82) is 0 Å². The van der Waals surface area contributed by atoms with Gasteiger partial charge in [0.25, 0.3) is 0 Å². The molecule has 0 aliphatic carbocycles. The molecule has 2 heteroatoms. The third kappa shape index (κ3) is 2.99. The van der Waals surface area contributed by atoms with Gasteiger partial charge in [-0.05, 0) is 49.9 Å². The van der Waals surface area contributed by atoms with Gasteiger partial charge >= 0.3 is 0 Å². The van der Waals surface area contributed by atoms with Crippen molar-refractivity contribution in [2.24, 2.45) is 0 Å². The van der Waals surface area contributed by atoms with E-state index in [1.54, 1.807) is 13.8 Å². The first-order valence-electron chi connectivity index (χ1n) is 8.73. The minimum absolute atomic E-state index is 0.0735. The quantitative estimate of drug-likeness (QED) is 0.658. The van der Waals surface area contributed by atoms with Crippen LogP contribution in [0.2, 0.25) is 0 Å². The standard InChI is InChI=1S/C24H22O2/c1-15-16(2)24(26)18(4)22(20-13-9-6-10-14-20)21(17(3)23(15)25)19-11-7-5-8-12-19/h5-14H,1-4H3. The summed E-state index contributed by atoms with van der Waals surface area (Å²) in [6, 6.07) is 19.6. The number of hydrogen-bond donors (Lipinski definition) is 0. The second-order valence-electron chi connectivity index (χ2n) is 6.64. The Labute approximate surface area is 153 Å². The third-order valence-electron chi connectivity index (χ3n) is 5.05. The molecule has 0 bridgehead atoms. The molecule has 0 N–H and O–H groups in total. The predicted octanol–water partition coefficient (Wildman–Crippen LogP) is 4.97. The summed E-state index contributed by atoms with van der Waals surface area (Å²) < 4.78 is 0. The van der Waals surface area contributed by atoms with Gasteiger partial charge in [-0.25, -0.2) is 0 Å². The Kier molecular flexibility index (Phi) is 4.85. The highest BCUT2D eigenvalue weighted by molar-refractivity contribution is 5.87. The van der Waals surface area contributed by atoms with Gasteiger partial charge in [0.15, 0.2) is 10.9 Å². The maximum absolute atomic E-state index is 13.0. The highest BCUT2D eigenvalue weighted by Crippen LogP contribution is 2.34. The van der Waals surface area contributed by atoms with Crippen molar-refractivity contribution in [1.82, 2.24) is 0 Å². The first kappa shape index (κ1) is 17.8. The lowest BCUT2D eigenvalue weighted by atomic mass is 9.87. The van der Waals surface area contributed by atoms with E-state index in [9.17, 15) is 9.59 Å². The Hall–Kier alpha value is -3.00. The fourth-order valence-electron chi connectivity index (χ4n) is 3.44. The molecule has 0 radical (unpaired) electrons. The van der Waals surface area contributed by atoms with Crippen LogP contribution in [-0.4, -0.2) is 0 Å². The molecule has 0 spiro atoms. The van der Waals surface area contributed by atoms with Gasteiger partial charge in [0.1, 0.15) is 0 Å². The Morgan fingerprint density at radius 2 is 0.769 bits per heavy atom. The smallest absolute Gasteiger partial charge is 0.185 e. The molecular formula is C24H22O2. The van der Waals surface area contributed by atoms with Gasteiger partial charge in [0.2, 0.25) is 0 Å². The highest BCUT2D eigenvalue weighted by Gasteiger charge is 2.17. The van der Waals surface area contributed by atoms with E-state index in [0.29, 0.717) is 22.3 Å². The highest BCUT2D eigenvalue weighted by atomic mass is 16.1. The predicted molar refractivity (Wildman–Crippen MR) is 109 cm³/mol. The molecular weight excluding hydrogens is 320 g/mol. The molecule has 3 aromatic rings. The molecule has 0 heterocycles. The second-order valence-corrected chi connectivity index (χ2v) is 6.64. The van der Waals surface area contributed by atoms with Gasteiger partial charge in [-0.15, -0.1) is 0 Å². The van der Waals surface area contributed by atoms with Crippen LogP contribution in [0.3, 0.4) is 0 Å². The summed E-state index contributed by atoms with van der Waals surface area (Å²) in [6.07, 6.45) is 0. The summed E-state index contributed by atoms with van der Waals surface area (Å²) in [6.45, 7) is 7.19. The summed E-state index contributed by atoms with van der Waals surface area (Å²) in [5.41, 5.74) is 5.77. The van der Waals surface area contributed by atoms with Crippen molar-refractivity contribution in [3.8, 4) is 22.3 Å². The fourth-order valence-corrected chi connectivity index (χ4v) is 3.44. The van der Waals surface area contributed by atoms with E-state index in [1.165, 1.54) is 0 Å². The van der Waals surface area contributed by atoms with E-state index < -0.39 is 0 Å². The maximum atomic E-state index is 13.0. The molecule has 0 aliphatic heterocycles. The van der Waals surface area contributed by atoms with E-state index in [0.717, 1.165) is 22.3 Å². The van der Waals surface area contributed by atoms with Gasteiger partial charge < -0.3 is 0 Å². The topological polar surface area (TPSA) is 34.1 Å². The summed E-state index contributed by atoms with van der Waals surface area (Å²) in [4.78, 5) is 26.1. The van der Waals surface area contributed by atoms with Crippen molar-refractivity contribution in [2.45, 2.75) is 27.7 Å². The van der Waals surface area contributed by atoms with Crippen molar-refractivity contribution in [2.75, 3.05) is 0 Å². The monoisotopic (exact) mass is 342 g/mol. The van der Waals surface area contributed by atoms with Gasteiger partial charge in [0.05, 0.1) is 0 Å².